The van der Waals surface area contributed by atoms with Gasteiger partial charge in [0.1, 0.15) is 5.02 Å². The van der Waals surface area contributed by atoms with Crippen LogP contribution in [0.3, 0.4) is 0 Å². The maximum Gasteiger partial charge on any atom is 0.416 e. The second-order valence-corrected chi connectivity index (χ2v) is 9.47. The third kappa shape index (κ3) is 5.82. The number of methoxy groups -OCH3 is 2. The fourth-order valence-corrected chi connectivity index (χ4v) is 4.37. The molecule has 3 aromatic carbocycles. The van der Waals surface area contributed by atoms with Crippen LogP contribution in [0.25, 0.3) is 22.3 Å². The van der Waals surface area contributed by atoms with Crippen molar-refractivity contribution in [1.82, 2.24) is 9.66 Å². The van der Waals surface area contributed by atoms with Crippen LogP contribution in [0, 0.1) is 0 Å². The average molecular weight is 639 g/mol. The van der Waals surface area contributed by atoms with Crippen molar-refractivity contribution >= 4 is 50.6 Å². The molecule has 0 aliphatic heterocycles. The van der Waals surface area contributed by atoms with E-state index in [4.69, 9.17) is 21.1 Å². The Morgan fingerprint density at radius 1 is 1.15 bits per heavy atom. The molecule has 0 bridgehead atoms. The summed E-state index contributed by atoms with van der Waals surface area (Å²) < 4.78 is 57.2. The van der Waals surface area contributed by atoms with Gasteiger partial charge in [0.2, 0.25) is 0 Å². The van der Waals surface area contributed by atoms with Crippen LogP contribution in [0.4, 0.5) is 13.2 Å². The Hall–Kier alpha value is -3.90. The number of esters is 1. The first-order chi connectivity index (χ1) is 19.0. The molecule has 40 heavy (non-hydrogen) atoms. The van der Waals surface area contributed by atoms with Crippen LogP contribution in [0.5, 0.6) is 11.5 Å². The molecule has 0 saturated carbocycles. The Balaban J connectivity index is 1.87. The number of benzene rings is 3. The summed E-state index contributed by atoms with van der Waals surface area (Å²) >= 11 is 9.86. The average Bonchev–Trinajstić information content (AvgIpc) is 2.94. The van der Waals surface area contributed by atoms with Gasteiger partial charge in [-0.2, -0.15) is 22.9 Å². The van der Waals surface area contributed by atoms with E-state index in [1.165, 1.54) is 51.6 Å². The molecule has 1 heterocycles. The second kappa shape index (κ2) is 11.7. The second-order valence-electron chi connectivity index (χ2n) is 8.30. The number of ether oxygens (including phenoxy) is 3. The van der Waals surface area contributed by atoms with Gasteiger partial charge in [0.15, 0.2) is 23.4 Å². The zero-order chi connectivity index (χ0) is 29.2. The smallest absolute Gasteiger partial charge is 0.416 e. The van der Waals surface area contributed by atoms with Crippen molar-refractivity contribution in [2.24, 2.45) is 5.10 Å². The lowest BCUT2D eigenvalue weighted by molar-refractivity contribution is -0.148. The van der Waals surface area contributed by atoms with Crippen LogP contribution in [-0.4, -0.2) is 42.2 Å². The molecular formula is C27H20BrClF3N3O5. The maximum atomic E-state index is 13.4. The van der Waals surface area contributed by atoms with E-state index in [1.807, 2.05) is 0 Å². The highest BCUT2D eigenvalue weighted by Gasteiger charge is 2.31. The van der Waals surface area contributed by atoms with E-state index >= 15 is 0 Å². The number of fused-ring (bicyclic) bond motifs is 1. The number of halogens is 5. The molecule has 0 unspecified atom stereocenters. The lowest BCUT2D eigenvalue weighted by Crippen LogP contribution is -2.25. The van der Waals surface area contributed by atoms with Gasteiger partial charge in [-0.15, -0.1) is 0 Å². The van der Waals surface area contributed by atoms with Crippen molar-refractivity contribution in [3.05, 3.63) is 85.6 Å². The Morgan fingerprint density at radius 2 is 1.88 bits per heavy atom. The Bertz CT molecular complexity index is 1690. The summed E-state index contributed by atoms with van der Waals surface area (Å²) in [6.45, 7) is 1.47. The normalized spacial score (nSPS) is 12.5. The highest BCUT2D eigenvalue weighted by Crippen LogP contribution is 2.42. The molecule has 208 valence electrons. The van der Waals surface area contributed by atoms with Gasteiger partial charge in [-0.1, -0.05) is 35.9 Å². The molecule has 4 rings (SSSR count). The van der Waals surface area contributed by atoms with E-state index in [9.17, 15) is 22.8 Å². The Labute approximate surface area is 239 Å². The standard InChI is InChI=1S/C27H20BrClF3N3O5/c1-14(26(37)39-3)40-23-20(38-2)12-16(21(28)22(23)29)13-33-35-24(15-7-6-8-17(11-15)27(30,31)32)34-19-10-5-4-9-18(19)25(35)36/h4-14H,1-3H3/t14-/m1/s1. The fraction of sp³-hybridized carbons (Fsp3) is 0.185. The number of nitrogens with zero attached hydrogens (tertiary/aromatic N) is 3. The van der Waals surface area contributed by atoms with Gasteiger partial charge in [-0.05, 0) is 53.2 Å². The molecule has 0 aliphatic carbocycles. The minimum atomic E-state index is -4.60. The number of carbonyl (C=O) groups excluding carboxylic acids is 1. The number of para-hydroxylation sites is 1. The number of hydrogen-bond acceptors (Lipinski definition) is 7. The van der Waals surface area contributed by atoms with E-state index < -0.39 is 29.4 Å². The third-order valence-corrected chi connectivity index (χ3v) is 7.16. The molecule has 4 aromatic rings. The molecule has 1 atom stereocenters. The Morgan fingerprint density at radius 3 is 2.55 bits per heavy atom. The summed E-state index contributed by atoms with van der Waals surface area (Å²) in [5.41, 5.74) is -0.854. The van der Waals surface area contributed by atoms with Gasteiger partial charge in [0, 0.05) is 15.6 Å². The van der Waals surface area contributed by atoms with E-state index in [0.717, 1.165) is 16.8 Å². The van der Waals surface area contributed by atoms with Crippen molar-refractivity contribution in [2.75, 3.05) is 14.2 Å². The van der Waals surface area contributed by atoms with Gasteiger partial charge in [-0.3, -0.25) is 4.79 Å². The van der Waals surface area contributed by atoms with Crippen LogP contribution < -0.4 is 15.0 Å². The molecule has 13 heteroatoms. The summed E-state index contributed by atoms with van der Waals surface area (Å²) in [5, 5.41) is 4.53. The van der Waals surface area contributed by atoms with E-state index in [1.54, 1.807) is 18.2 Å². The van der Waals surface area contributed by atoms with Gasteiger partial charge < -0.3 is 14.2 Å². The van der Waals surface area contributed by atoms with Crippen molar-refractivity contribution in [3.8, 4) is 22.9 Å². The van der Waals surface area contributed by atoms with Gasteiger partial charge in [-0.25, -0.2) is 9.78 Å². The summed E-state index contributed by atoms with van der Waals surface area (Å²) in [6, 6.07) is 12.4. The van der Waals surface area contributed by atoms with Crippen molar-refractivity contribution in [3.63, 3.8) is 0 Å². The third-order valence-electron chi connectivity index (χ3n) is 5.72. The number of hydrogen-bond donors (Lipinski definition) is 0. The van der Waals surface area contributed by atoms with Crippen molar-refractivity contribution < 1.29 is 32.2 Å². The molecule has 0 spiro atoms. The maximum absolute atomic E-state index is 13.4. The highest BCUT2D eigenvalue weighted by atomic mass is 79.9. The summed E-state index contributed by atoms with van der Waals surface area (Å²) in [4.78, 5) is 29.7. The first kappa shape index (κ1) is 29.1. The van der Waals surface area contributed by atoms with Gasteiger partial charge in [0.05, 0.1) is 36.9 Å². The first-order valence-corrected chi connectivity index (χ1v) is 12.7. The van der Waals surface area contributed by atoms with Crippen molar-refractivity contribution in [2.45, 2.75) is 19.2 Å². The van der Waals surface area contributed by atoms with Crippen LogP contribution in [0.1, 0.15) is 18.1 Å². The minimum Gasteiger partial charge on any atom is -0.493 e. The molecule has 0 N–H and O–H groups in total. The minimum absolute atomic E-state index is 0.0325. The van der Waals surface area contributed by atoms with Gasteiger partial charge >= 0.3 is 12.1 Å². The van der Waals surface area contributed by atoms with Crippen LogP contribution in [-0.2, 0) is 15.7 Å². The molecule has 0 aliphatic rings. The Kier molecular flexibility index (Phi) is 8.50. The number of rotatable bonds is 7. The highest BCUT2D eigenvalue weighted by molar-refractivity contribution is 9.10. The molecule has 1 aromatic heterocycles. The summed E-state index contributed by atoms with van der Waals surface area (Å²) in [7, 11) is 2.58. The zero-order valence-electron chi connectivity index (χ0n) is 21.1. The van der Waals surface area contributed by atoms with Crippen LogP contribution in [0.2, 0.25) is 5.02 Å². The predicted molar refractivity (Wildman–Crippen MR) is 147 cm³/mol. The SMILES string of the molecule is COC(=O)[C@@H](C)Oc1c(OC)cc(C=Nn2c(-c3cccc(C(F)(F)F)c3)nc3ccccc3c2=O)c(Br)c1Cl. The largest absolute Gasteiger partial charge is 0.493 e. The monoisotopic (exact) mass is 637 g/mol. The molecule has 8 nitrogen and oxygen atoms in total. The molecule has 0 amide bonds. The van der Waals surface area contributed by atoms with E-state index in [0.29, 0.717) is 11.1 Å². The molecule has 0 saturated heterocycles. The topological polar surface area (TPSA) is 92.0 Å². The fourth-order valence-electron chi connectivity index (χ4n) is 3.72. The predicted octanol–water partition coefficient (Wildman–Crippen LogP) is 6.33. The molecule has 0 fully saturated rings. The number of aromatic nitrogens is 2. The lowest BCUT2D eigenvalue weighted by Gasteiger charge is -2.18. The zero-order valence-corrected chi connectivity index (χ0v) is 23.5. The summed E-state index contributed by atoms with van der Waals surface area (Å²) in [5.74, 6) is -0.537. The first-order valence-electron chi connectivity index (χ1n) is 11.5. The van der Waals surface area contributed by atoms with Gasteiger partial charge in [0.25, 0.3) is 5.56 Å². The van der Waals surface area contributed by atoms with E-state index in [-0.39, 0.29) is 37.8 Å². The number of carbonyl (C=O) groups is 1. The van der Waals surface area contributed by atoms with Crippen LogP contribution in [0.15, 0.2) is 69.0 Å². The quantitative estimate of drug-likeness (QED) is 0.174. The molecule has 0 radical (unpaired) electrons. The van der Waals surface area contributed by atoms with Crippen LogP contribution >= 0.6 is 27.5 Å². The summed E-state index contributed by atoms with van der Waals surface area (Å²) in [6.07, 6.45) is -4.34. The van der Waals surface area contributed by atoms with Crippen molar-refractivity contribution in [1.29, 1.82) is 0 Å². The lowest BCUT2D eigenvalue weighted by atomic mass is 10.1. The van der Waals surface area contributed by atoms with E-state index in [2.05, 4.69) is 30.8 Å². The molecular weight excluding hydrogens is 619 g/mol. The number of alkyl halides is 3.